The van der Waals surface area contributed by atoms with Gasteiger partial charge in [-0.2, -0.15) is 0 Å². The van der Waals surface area contributed by atoms with Gasteiger partial charge in [0.25, 0.3) is 0 Å². The van der Waals surface area contributed by atoms with Crippen molar-refractivity contribution in [1.82, 2.24) is 15.5 Å². The summed E-state index contributed by atoms with van der Waals surface area (Å²) in [5.41, 5.74) is -0.0438. The fraction of sp³-hybridized carbons (Fsp3) is 0.812. The summed E-state index contributed by atoms with van der Waals surface area (Å²) in [6.07, 6.45) is 5.83. The summed E-state index contributed by atoms with van der Waals surface area (Å²) in [5, 5.41) is 11.5. The van der Waals surface area contributed by atoms with Crippen molar-refractivity contribution in [2.45, 2.75) is 63.8 Å². The lowest BCUT2D eigenvalue weighted by atomic mass is 9.82. The van der Waals surface area contributed by atoms with Crippen LogP contribution in [0.1, 0.15) is 57.7 Å². The third-order valence-electron chi connectivity index (χ3n) is 4.99. The number of aromatic nitrogens is 2. The van der Waals surface area contributed by atoms with Crippen molar-refractivity contribution in [2.24, 2.45) is 5.92 Å². The van der Waals surface area contributed by atoms with Gasteiger partial charge in [-0.25, -0.2) is 0 Å². The molecule has 1 amide bonds. The number of nitrogens with zero attached hydrogens (tertiary/aromatic N) is 2. The van der Waals surface area contributed by atoms with E-state index in [-0.39, 0.29) is 11.3 Å². The lowest BCUT2D eigenvalue weighted by Crippen LogP contribution is -2.31. The number of amides is 1. The molecule has 3 rings (SSSR count). The molecule has 0 bridgehead atoms. The predicted molar refractivity (Wildman–Crippen MR) is 80.4 cm³/mol. The fourth-order valence-electron chi connectivity index (χ4n) is 3.54. The number of ether oxygens (including phenoxy) is 1. The highest BCUT2D eigenvalue weighted by molar-refractivity contribution is 5.73. The quantitative estimate of drug-likeness (QED) is 0.920. The third kappa shape index (κ3) is 3.48. The molecule has 1 aliphatic heterocycles. The Labute approximate surface area is 131 Å². The first kappa shape index (κ1) is 15.5. The van der Waals surface area contributed by atoms with E-state index in [0.717, 1.165) is 63.5 Å². The van der Waals surface area contributed by atoms with Gasteiger partial charge < -0.3 is 14.5 Å². The van der Waals surface area contributed by atoms with Crippen molar-refractivity contribution in [1.29, 1.82) is 0 Å². The lowest BCUT2D eigenvalue weighted by Gasteiger charge is -2.29. The van der Waals surface area contributed by atoms with Gasteiger partial charge in [-0.1, -0.05) is 6.92 Å². The average molecular weight is 307 g/mol. The summed E-state index contributed by atoms with van der Waals surface area (Å²) < 4.78 is 11.4. The minimum atomic E-state index is -0.0438. The van der Waals surface area contributed by atoms with Crippen molar-refractivity contribution >= 4 is 5.91 Å². The molecule has 1 aromatic heterocycles. The summed E-state index contributed by atoms with van der Waals surface area (Å²) in [5.74, 6) is 2.06. The van der Waals surface area contributed by atoms with Crippen molar-refractivity contribution < 1.29 is 13.9 Å². The molecule has 1 saturated heterocycles. The summed E-state index contributed by atoms with van der Waals surface area (Å²) in [6, 6.07) is 0.304. The second kappa shape index (κ2) is 6.36. The van der Waals surface area contributed by atoms with Crippen LogP contribution in [0.15, 0.2) is 4.42 Å². The van der Waals surface area contributed by atoms with E-state index in [1.807, 2.05) is 0 Å². The average Bonchev–Trinajstić information content (AvgIpc) is 3.10. The molecule has 2 fully saturated rings. The number of carbonyl (C=O) groups is 1. The van der Waals surface area contributed by atoms with Crippen LogP contribution in [0.3, 0.4) is 0 Å². The largest absolute Gasteiger partial charge is 0.425 e. The van der Waals surface area contributed by atoms with E-state index < -0.39 is 0 Å². The monoisotopic (exact) mass is 307 g/mol. The zero-order valence-electron chi connectivity index (χ0n) is 13.4. The number of rotatable bonds is 4. The van der Waals surface area contributed by atoms with Crippen molar-refractivity contribution in [3.8, 4) is 0 Å². The molecule has 2 heterocycles. The standard InChI is InChI=1S/C16H25N3O3/c1-11(20)17-13-4-3-12(9-13)10-14-18-19-15(22-14)16(2)5-7-21-8-6-16/h12-13H,3-10H2,1-2H3,(H,17,20)/t12-,13+/m1/s1. The van der Waals surface area contributed by atoms with Crippen LogP contribution in [0, 0.1) is 5.92 Å². The minimum Gasteiger partial charge on any atom is -0.425 e. The normalized spacial score (nSPS) is 27.7. The Kier molecular flexibility index (Phi) is 4.47. The first-order chi connectivity index (χ1) is 10.5. The summed E-state index contributed by atoms with van der Waals surface area (Å²) >= 11 is 0. The van der Waals surface area contributed by atoms with E-state index in [9.17, 15) is 4.79 Å². The van der Waals surface area contributed by atoms with Gasteiger partial charge in [0.05, 0.1) is 5.41 Å². The van der Waals surface area contributed by atoms with Gasteiger partial charge in [-0.3, -0.25) is 4.79 Å². The maximum absolute atomic E-state index is 11.1. The number of hydrogen-bond acceptors (Lipinski definition) is 5. The Bertz CT molecular complexity index is 522. The zero-order chi connectivity index (χ0) is 15.6. The molecule has 1 aromatic rings. The highest BCUT2D eigenvalue weighted by atomic mass is 16.5. The molecule has 0 unspecified atom stereocenters. The lowest BCUT2D eigenvalue weighted by molar-refractivity contribution is -0.119. The number of hydrogen-bond donors (Lipinski definition) is 1. The van der Waals surface area contributed by atoms with Gasteiger partial charge in [0.1, 0.15) is 0 Å². The van der Waals surface area contributed by atoms with Gasteiger partial charge in [0.2, 0.25) is 17.7 Å². The Hall–Kier alpha value is -1.43. The van der Waals surface area contributed by atoms with E-state index in [2.05, 4.69) is 22.4 Å². The van der Waals surface area contributed by atoms with Crippen molar-refractivity contribution in [3.05, 3.63) is 11.8 Å². The van der Waals surface area contributed by atoms with Crippen molar-refractivity contribution in [2.75, 3.05) is 13.2 Å². The molecule has 1 N–H and O–H groups in total. The molecule has 1 saturated carbocycles. The molecular weight excluding hydrogens is 282 g/mol. The van der Waals surface area contributed by atoms with Crippen LogP contribution >= 0.6 is 0 Å². The Morgan fingerprint density at radius 1 is 1.32 bits per heavy atom. The van der Waals surface area contributed by atoms with Crippen LogP contribution in [-0.4, -0.2) is 35.4 Å². The Morgan fingerprint density at radius 3 is 2.82 bits per heavy atom. The van der Waals surface area contributed by atoms with E-state index in [1.54, 1.807) is 6.92 Å². The number of carbonyl (C=O) groups excluding carboxylic acids is 1. The van der Waals surface area contributed by atoms with Crippen molar-refractivity contribution in [3.63, 3.8) is 0 Å². The SMILES string of the molecule is CC(=O)N[C@H]1CC[C@@H](Cc2nnc(C3(C)CCOCC3)o2)C1. The molecule has 0 spiro atoms. The summed E-state index contributed by atoms with van der Waals surface area (Å²) in [7, 11) is 0. The molecule has 1 aliphatic carbocycles. The minimum absolute atomic E-state index is 0.0438. The molecule has 0 radical (unpaired) electrons. The highest BCUT2D eigenvalue weighted by Gasteiger charge is 2.35. The molecule has 22 heavy (non-hydrogen) atoms. The van der Waals surface area contributed by atoms with E-state index in [1.165, 1.54) is 0 Å². The first-order valence-electron chi connectivity index (χ1n) is 8.23. The van der Waals surface area contributed by atoms with Gasteiger partial charge in [0, 0.05) is 32.6 Å². The smallest absolute Gasteiger partial charge is 0.222 e. The second-order valence-electron chi connectivity index (χ2n) is 6.95. The van der Waals surface area contributed by atoms with Crippen LogP contribution < -0.4 is 5.32 Å². The molecule has 6 heteroatoms. The molecule has 122 valence electrons. The Balaban J connectivity index is 1.57. The molecule has 0 aromatic carbocycles. The maximum Gasteiger partial charge on any atom is 0.222 e. The van der Waals surface area contributed by atoms with Crippen LogP contribution in [0.5, 0.6) is 0 Å². The van der Waals surface area contributed by atoms with E-state index >= 15 is 0 Å². The van der Waals surface area contributed by atoms with Crippen LogP contribution in [0.25, 0.3) is 0 Å². The first-order valence-corrected chi connectivity index (χ1v) is 8.23. The summed E-state index contributed by atoms with van der Waals surface area (Å²) in [6.45, 7) is 5.27. The highest BCUT2D eigenvalue weighted by Crippen LogP contribution is 2.34. The van der Waals surface area contributed by atoms with Gasteiger partial charge in [-0.15, -0.1) is 10.2 Å². The zero-order valence-corrected chi connectivity index (χ0v) is 13.4. The molecule has 2 atom stereocenters. The Morgan fingerprint density at radius 2 is 2.09 bits per heavy atom. The van der Waals surface area contributed by atoms with Gasteiger partial charge in [0.15, 0.2) is 0 Å². The van der Waals surface area contributed by atoms with E-state index in [0.29, 0.717) is 12.0 Å². The van der Waals surface area contributed by atoms with Crippen LogP contribution in [0.4, 0.5) is 0 Å². The van der Waals surface area contributed by atoms with Gasteiger partial charge >= 0.3 is 0 Å². The molecular formula is C16H25N3O3. The maximum atomic E-state index is 11.1. The number of nitrogens with one attached hydrogen (secondary N) is 1. The molecule has 2 aliphatic rings. The molecule has 6 nitrogen and oxygen atoms in total. The second-order valence-corrected chi connectivity index (χ2v) is 6.95. The van der Waals surface area contributed by atoms with Crippen LogP contribution in [-0.2, 0) is 21.4 Å². The van der Waals surface area contributed by atoms with E-state index in [4.69, 9.17) is 9.15 Å². The van der Waals surface area contributed by atoms with Crippen LogP contribution in [0.2, 0.25) is 0 Å². The predicted octanol–water partition coefficient (Wildman–Crippen LogP) is 1.98. The third-order valence-corrected chi connectivity index (χ3v) is 4.99. The topological polar surface area (TPSA) is 77.2 Å². The van der Waals surface area contributed by atoms with Gasteiger partial charge in [-0.05, 0) is 38.0 Å². The summed E-state index contributed by atoms with van der Waals surface area (Å²) in [4.78, 5) is 11.1. The fourth-order valence-corrected chi connectivity index (χ4v) is 3.54.